The largest absolute Gasteiger partial charge is 0.478 e. The van der Waals surface area contributed by atoms with Crippen LogP contribution in [0, 0.1) is 6.92 Å². The normalized spacial score (nSPS) is 10.5. The molecule has 0 bridgehead atoms. The summed E-state index contributed by atoms with van der Waals surface area (Å²) in [6, 6.07) is 2.73. The van der Waals surface area contributed by atoms with Gasteiger partial charge in [-0.3, -0.25) is 0 Å². The van der Waals surface area contributed by atoms with Gasteiger partial charge in [0, 0.05) is 0 Å². The summed E-state index contributed by atoms with van der Waals surface area (Å²) in [5.74, 6) is -1.86. The number of aromatic carboxylic acids is 1. The van der Waals surface area contributed by atoms with Crippen molar-refractivity contribution in [3.05, 3.63) is 28.3 Å². The van der Waals surface area contributed by atoms with Crippen molar-refractivity contribution < 1.29 is 23.4 Å². The van der Waals surface area contributed by atoms with Gasteiger partial charge in [-0.2, -0.15) is 8.78 Å². The maximum atomic E-state index is 12.0. The van der Waals surface area contributed by atoms with Crippen LogP contribution in [0.3, 0.4) is 0 Å². The summed E-state index contributed by atoms with van der Waals surface area (Å²) < 4.78 is 28.1. The van der Waals surface area contributed by atoms with Crippen molar-refractivity contribution in [2.45, 2.75) is 13.5 Å². The first-order valence-electron chi connectivity index (χ1n) is 3.90. The van der Waals surface area contributed by atoms with Crippen LogP contribution in [0.4, 0.5) is 8.78 Å². The van der Waals surface area contributed by atoms with Crippen LogP contribution in [0.2, 0.25) is 5.02 Å². The van der Waals surface area contributed by atoms with Crippen molar-refractivity contribution in [3.63, 3.8) is 0 Å². The Labute approximate surface area is 89.2 Å². The fraction of sp³-hybridized carbons (Fsp3) is 0.222. The van der Waals surface area contributed by atoms with E-state index in [1.165, 1.54) is 19.1 Å². The van der Waals surface area contributed by atoms with Gasteiger partial charge in [0.25, 0.3) is 0 Å². The lowest BCUT2D eigenvalue weighted by Gasteiger charge is -2.11. The fourth-order valence-electron chi connectivity index (χ4n) is 1.13. The molecule has 0 aliphatic heterocycles. The number of hydrogen-bond donors (Lipinski definition) is 1. The first-order valence-corrected chi connectivity index (χ1v) is 4.28. The second kappa shape index (κ2) is 4.44. The zero-order valence-corrected chi connectivity index (χ0v) is 8.39. The molecule has 1 aromatic rings. The first-order chi connectivity index (χ1) is 6.93. The Kier molecular flexibility index (Phi) is 3.47. The zero-order valence-electron chi connectivity index (χ0n) is 7.63. The molecule has 82 valence electrons. The van der Waals surface area contributed by atoms with E-state index in [0.717, 1.165) is 0 Å². The highest BCUT2D eigenvalue weighted by Crippen LogP contribution is 2.32. The van der Waals surface area contributed by atoms with Crippen molar-refractivity contribution >= 4 is 17.6 Å². The molecule has 0 fully saturated rings. The molecule has 0 saturated carbocycles. The third-order valence-electron chi connectivity index (χ3n) is 1.74. The minimum Gasteiger partial charge on any atom is -0.478 e. The van der Waals surface area contributed by atoms with Gasteiger partial charge < -0.3 is 9.84 Å². The lowest BCUT2D eigenvalue weighted by molar-refractivity contribution is -0.0502. The molecule has 0 aliphatic rings. The van der Waals surface area contributed by atoms with Crippen LogP contribution in [0.5, 0.6) is 5.75 Å². The van der Waals surface area contributed by atoms with Gasteiger partial charge in [-0.25, -0.2) is 4.79 Å². The summed E-state index contributed by atoms with van der Waals surface area (Å²) in [5.41, 5.74) is -0.0367. The van der Waals surface area contributed by atoms with Crippen LogP contribution in [0.25, 0.3) is 0 Å². The number of carboxylic acid groups (broad SMARTS) is 1. The summed E-state index contributed by atoms with van der Waals surface area (Å²) in [7, 11) is 0. The van der Waals surface area contributed by atoms with E-state index in [1.807, 2.05) is 0 Å². The Morgan fingerprint density at radius 1 is 1.53 bits per heavy atom. The molecule has 0 radical (unpaired) electrons. The lowest BCUT2D eigenvalue weighted by Crippen LogP contribution is -2.09. The summed E-state index contributed by atoms with van der Waals surface area (Å²) in [4.78, 5) is 10.8. The third-order valence-corrected chi connectivity index (χ3v) is 2.04. The Hall–Kier alpha value is -1.36. The summed E-state index contributed by atoms with van der Waals surface area (Å²) >= 11 is 5.57. The van der Waals surface area contributed by atoms with E-state index in [2.05, 4.69) is 4.74 Å². The molecule has 1 aromatic carbocycles. The molecule has 3 nitrogen and oxygen atoms in total. The Morgan fingerprint density at radius 2 is 2.13 bits per heavy atom. The number of alkyl halides is 2. The Balaban J connectivity index is 3.31. The molecule has 0 unspecified atom stereocenters. The van der Waals surface area contributed by atoms with Crippen LogP contribution in [0.15, 0.2) is 12.1 Å². The second-order valence-electron chi connectivity index (χ2n) is 2.75. The average Bonchev–Trinajstić information content (AvgIpc) is 2.10. The summed E-state index contributed by atoms with van der Waals surface area (Å²) in [5, 5.41) is 8.65. The smallest absolute Gasteiger partial charge is 0.387 e. The monoisotopic (exact) mass is 236 g/mol. The van der Waals surface area contributed by atoms with Crippen molar-refractivity contribution in [1.29, 1.82) is 0 Å². The molecule has 1 N–H and O–H groups in total. The number of aryl methyl sites for hydroxylation is 1. The predicted molar refractivity (Wildman–Crippen MR) is 49.8 cm³/mol. The second-order valence-corrected chi connectivity index (χ2v) is 3.16. The third kappa shape index (κ3) is 2.56. The van der Waals surface area contributed by atoms with Crippen molar-refractivity contribution in [2.24, 2.45) is 0 Å². The molecular formula is C9H7ClF2O3. The highest BCUT2D eigenvalue weighted by atomic mass is 35.5. The molecule has 0 aliphatic carbocycles. The number of ether oxygens (including phenoxy) is 1. The van der Waals surface area contributed by atoms with Crippen LogP contribution in [0.1, 0.15) is 15.9 Å². The van der Waals surface area contributed by atoms with Crippen LogP contribution in [-0.2, 0) is 0 Å². The molecule has 6 heteroatoms. The van der Waals surface area contributed by atoms with E-state index in [-0.39, 0.29) is 10.6 Å². The molecular weight excluding hydrogens is 230 g/mol. The predicted octanol–water partition coefficient (Wildman–Crippen LogP) is 2.95. The van der Waals surface area contributed by atoms with Crippen LogP contribution in [-0.4, -0.2) is 17.7 Å². The highest BCUT2D eigenvalue weighted by molar-refractivity contribution is 6.32. The first kappa shape index (κ1) is 11.7. The SMILES string of the molecule is Cc1ccc(Cl)c(OC(F)F)c1C(=O)O. The van der Waals surface area contributed by atoms with E-state index in [0.29, 0.717) is 5.56 Å². The number of rotatable bonds is 3. The van der Waals surface area contributed by atoms with E-state index in [9.17, 15) is 13.6 Å². The molecule has 1 rings (SSSR count). The number of carbonyl (C=O) groups is 1. The topological polar surface area (TPSA) is 46.5 Å². The number of halogens is 3. The van der Waals surface area contributed by atoms with Gasteiger partial charge in [-0.05, 0) is 18.6 Å². The van der Waals surface area contributed by atoms with Gasteiger partial charge in [0.05, 0.1) is 5.02 Å². The number of carboxylic acids is 1. The minimum absolute atomic E-state index is 0.154. The molecule has 0 heterocycles. The zero-order chi connectivity index (χ0) is 11.6. The van der Waals surface area contributed by atoms with Crippen LogP contribution < -0.4 is 4.74 Å². The number of hydrogen-bond acceptors (Lipinski definition) is 2. The quantitative estimate of drug-likeness (QED) is 0.878. The molecule has 0 spiro atoms. The average molecular weight is 237 g/mol. The van der Waals surface area contributed by atoms with Gasteiger partial charge in [0.15, 0.2) is 5.75 Å². The van der Waals surface area contributed by atoms with E-state index in [1.54, 1.807) is 0 Å². The fourth-order valence-corrected chi connectivity index (χ4v) is 1.33. The molecule has 0 saturated heterocycles. The van der Waals surface area contributed by atoms with Gasteiger partial charge >= 0.3 is 12.6 Å². The van der Waals surface area contributed by atoms with Gasteiger partial charge in [-0.1, -0.05) is 17.7 Å². The molecule has 0 aromatic heterocycles. The Bertz CT molecular complexity index is 393. The van der Waals surface area contributed by atoms with E-state index < -0.39 is 18.3 Å². The van der Waals surface area contributed by atoms with E-state index in [4.69, 9.17) is 16.7 Å². The molecule has 0 amide bonds. The summed E-state index contributed by atoms with van der Waals surface area (Å²) in [6.07, 6.45) is 0. The molecule has 15 heavy (non-hydrogen) atoms. The maximum Gasteiger partial charge on any atom is 0.387 e. The highest BCUT2D eigenvalue weighted by Gasteiger charge is 2.20. The maximum absolute atomic E-state index is 12.0. The van der Waals surface area contributed by atoms with Gasteiger partial charge in [0.1, 0.15) is 5.56 Å². The Morgan fingerprint density at radius 3 is 2.60 bits per heavy atom. The van der Waals surface area contributed by atoms with Gasteiger partial charge in [-0.15, -0.1) is 0 Å². The van der Waals surface area contributed by atoms with Crippen molar-refractivity contribution in [1.82, 2.24) is 0 Å². The molecule has 0 atom stereocenters. The summed E-state index contributed by atoms with van der Waals surface area (Å²) in [6.45, 7) is -1.64. The van der Waals surface area contributed by atoms with Crippen molar-refractivity contribution in [3.8, 4) is 5.75 Å². The minimum atomic E-state index is -3.11. The van der Waals surface area contributed by atoms with Gasteiger partial charge in [0.2, 0.25) is 0 Å². The standard InChI is InChI=1S/C9H7ClF2O3/c1-4-2-3-5(10)7(15-9(11)12)6(4)8(13)14/h2-3,9H,1H3,(H,13,14). The number of benzene rings is 1. The lowest BCUT2D eigenvalue weighted by atomic mass is 10.1. The van der Waals surface area contributed by atoms with E-state index >= 15 is 0 Å². The van der Waals surface area contributed by atoms with Crippen LogP contribution >= 0.6 is 11.6 Å². The van der Waals surface area contributed by atoms with Crippen molar-refractivity contribution in [2.75, 3.05) is 0 Å².